The lowest BCUT2D eigenvalue weighted by Gasteiger charge is -2.27. The number of ether oxygens (including phenoxy) is 1. The molecule has 4 nitrogen and oxygen atoms in total. The number of nitrogens with zero attached hydrogens (tertiary/aromatic N) is 2. The number of aromatic nitrogens is 1. The normalized spacial score (nSPS) is 10.6. The van der Waals surface area contributed by atoms with Crippen molar-refractivity contribution in [2.75, 3.05) is 24.3 Å². The van der Waals surface area contributed by atoms with Gasteiger partial charge in [0.2, 0.25) is 5.88 Å². The third-order valence-corrected chi connectivity index (χ3v) is 2.45. The Kier molecular flexibility index (Phi) is 4.40. The molecule has 1 rings (SSSR count). The minimum atomic E-state index is 0.417. The summed E-state index contributed by atoms with van der Waals surface area (Å²) in [4.78, 5) is 6.65. The molecule has 16 heavy (non-hydrogen) atoms. The van der Waals surface area contributed by atoms with Crippen LogP contribution in [0.1, 0.15) is 27.2 Å². The van der Waals surface area contributed by atoms with Crippen LogP contribution in [-0.4, -0.2) is 24.7 Å². The third-order valence-electron chi connectivity index (χ3n) is 2.45. The molecule has 0 aliphatic heterocycles. The first kappa shape index (κ1) is 12.6. The summed E-state index contributed by atoms with van der Waals surface area (Å²) in [6, 6.07) is 4.19. The Bertz CT molecular complexity index is 339. The highest BCUT2D eigenvalue weighted by molar-refractivity contribution is 5.54. The molecule has 0 radical (unpaired) electrons. The van der Waals surface area contributed by atoms with E-state index in [1.54, 1.807) is 7.11 Å². The van der Waals surface area contributed by atoms with Gasteiger partial charge in [0.15, 0.2) is 0 Å². The van der Waals surface area contributed by atoms with E-state index in [1.165, 1.54) is 0 Å². The van der Waals surface area contributed by atoms with Crippen LogP contribution < -0.4 is 15.4 Å². The molecule has 2 N–H and O–H groups in total. The standard InChI is InChI=1S/C12H21N3O/c1-5-8-15(9(2)3)11-7-6-10(13)12(14-11)16-4/h6-7,9H,5,8,13H2,1-4H3. The summed E-state index contributed by atoms with van der Waals surface area (Å²) in [5.41, 5.74) is 6.32. The predicted octanol–water partition coefficient (Wildman–Crippen LogP) is 2.30. The maximum absolute atomic E-state index is 5.74. The lowest BCUT2D eigenvalue weighted by molar-refractivity contribution is 0.400. The number of hydrogen-bond acceptors (Lipinski definition) is 4. The first-order valence-corrected chi connectivity index (χ1v) is 5.67. The summed E-state index contributed by atoms with van der Waals surface area (Å²) in [5.74, 6) is 1.42. The topological polar surface area (TPSA) is 51.4 Å². The van der Waals surface area contributed by atoms with Gasteiger partial charge in [-0.25, -0.2) is 0 Å². The number of methoxy groups -OCH3 is 1. The van der Waals surface area contributed by atoms with E-state index in [2.05, 4.69) is 30.7 Å². The van der Waals surface area contributed by atoms with Gasteiger partial charge in [-0.3, -0.25) is 0 Å². The SMILES string of the molecule is CCCN(c1ccc(N)c(OC)n1)C(C)C. The molecule has 0 aliphatic carbocycles. The lowest BCUT2D eigenvalue weighted by Crippen LogP contribution is -2.32. The van der Waals surface area contributed by atoms with Gasteiger partial charge in [-0.1, -0.05) is 6.92 Å². The molecule has 0 saturated heterocycles. The molecule has 0 aliphatic rings. The number of rotatable bonds is 5. The highest BCUT2D eigenvalue weighted by Gasteiger charge is 2.12. The first-order valence-electron chi connectivity index (χ1n) is 5.67. The second-order valence-corrected chi connectivity index (χ2v) is 4.06. The Morgan fingerprint density at radius 3 is 2.62 bits per heavy atom. The highest BCUT2D eigenvalue weighted by atomic mass is 16.5. The molecule has 4 heteroatoms. The quantitative estimate of drug-likeness (QED) is 0.832. The van der Waals surface area contributed by atoms with Gasteiger partial charge in [0.05, 0.1) is 12.8 Å². The van der Waals surface area contributed by atoms with Crippen LogP contribution in [0.2, 0.25) is 0 Å². The Labute approximate surface area is 97.4 Å². The number of pyridine rings is 1. The Balaban J connectivity index is 3.00. The number of nitrogen functional groups attached to an aromatic ring is 1. The van der Waals surface area contributed by atoms with E-state index in [0.29, 0.717) is 17.6 Å². The zero-order valence-electron chi connectivity index (χ0n) is 10.5. The number of hydrogen-bond donors (Lipinski definition) is 1. The van der Waals surface area contributed by atoms with Gasteiger partial charge >= 0.3 is 0 Å². The van der Waals surface area contributed by atoms with Crippen molar-refractivity contribution in [1.82, 2.24) is 4.98 Å². The molecule has 0 bridgehead atoms. The monoisotopic (exact) mass is 223 g/mol. The zero-order valence-corrected chi connectivity index (χ0v) is 10.5. The molecular formula is C12H21N3O. The first-order chi connectivity index (χ1) is 7.60. The van der Waals surface area contributed by atoms with E-state index in [4.69, 9.17) is 10.5 Å². The maximum Gasteiger partial charge on any atom is 0.238 e. The summed E-state index contributed by atoms with van der Waals surface area (Å²) < 4.78 is 5.13. The minimum absolute atomic E-state index is 0.417. The van der Waals surface area contributed by atoms with Crippen LogP contribution in [0.4, 0.5) is 11.5 Å². The fraction of sp³-hybridized carbons (Fsp3) is 0.583. The fourth-order valence-electron chi connectivity index (χ4n) is 1.64. The largest absolute Gasteiger partial charge is 0.479 e. The molecular weight excluding hydrogens is 202 g/mol. The van der Waals surface area contributed by atoms with Crippen molar-refractivity contribution in [2.24, 2.45) is 0 Å². The zero-order chi connectivity index (χ0) is 12.1. The highest BCUT2D eigenvalue weighted by Crippen LogP contribution is 2.23. The molecule has 0 unspecified atom stereocenters. The summed E-state index contributed by atoms with van der Waals surface area (Å²) in [7, 11) is 1.59. The van der Waals surface area contributed by atoms with Crippen LogP contribution in [0, 0.1) is 0 Å². The van der Waals surface area contributed by atoms with Crippen LogP contribution in [0.5, 0.6) is 5.88 Å². The smallest absolute Gasteiger partial charge is 0.238 e. The van der Waals surface area contributed by atoms with Crippen LogP contribution in [0.3, 0.4) is 0 Å². The molecule has 1 aromatic heterocycles. The van der Waals surface area contributed by atoms with E-state index in [0.717, 1.165) is 18.8 Å². The van der Waals surface area contributed by atoms with E-state index in [1.807, 2.05) is 12.1 Å². The van der Waals surface area contributed by atoms with E-state index >= 15 is 0 Å². The summed E-state index contributed by atoms with van der Waals surface area (Å²) in [6.07, 6.45) is 1.09. The van der Waals surface area contributed by atoms with Crippen molar-refractivity contribution in [3.05, 3.63) is 12.1 Å². The molecule has 0 amide bonds. The van der Waals surface area contributed by atoms with E-state index in [9.17, 15) is 0 Å². The Hall–Kier alpha value is -1.45. The van der Waals surface area contributed by atoms with Crippen LogP contribution in [-0.2, 0) is 0 Å². The van der Waals surface area contributed by atoms with Crippen molar-refractivity contribution in [3.63, 3.8) is 0 Å². The van der Waals surface area contributed by atoms with Gasteiger partial charge in [0.1, 0.15) is 5.82 Å². The second-order valence-electron chi connectivity index (χ2n) is 4.06. The fourth-order valence-corrected chi connectivity index (χ4v) is 1.64. The van der Waals surface area contributed by atoms with Gasteiger partial charge in [-0.2, -0.15) is 4.98 Å². The van der Waals surface area contributed by atoms with Crippen LogP contribution in [0.25, 0.3) is 0 Å². The van der Waals surface area contributed by atoms with Crippen LogP contribution >= 0.6 is 0 Å². The molecule has 1 aromatic rings. The molecule has 0 fully saturated rings. The average molecular weight is 223 g/mol. The molecule has 0 saturated carbocycles. The van der Waals surface area contributed by atoms with E-state index in [-0.39, 0.29) is 0 Å². The maximum atomic E-state index is 5.74. The van der Waals surface area contributed by atoms with Crippen molar-refractivity contribution < 1.29 is 4.74 Å². The van der Waals surface area contributed by atoms with Gasteiger partial charge in [-0.15, -0.1) is 0 Å². The van der Waals surface area contributed by atoms with E-state index < -0.39 is 0 Å². The van der Waals surface area contributed by atoms with Crippen molar-refractivity contribution >= 4 is 11.5 Å². The van der Waals surface area contributed by atoms with Crippen molar-refractivity contribution in [3.8, 4) is 5.88 Å². The third kappa shape index (κ3) is 2.78. The van der Waals surface area contributed by atoms with Crippen LogP contribution in [0.15, 0.2) is 12.1 Å². The van der Waals surface area contributed by atoms with Gasteiger partial charge in [-0.05, 0) is 32.4 Å². The summed E-state index contributed by atoms with van der Waals surface area (Å²) >= 11 is 0. The summed E-state index contributed by atoms with van der Waals surface area (Å²) in [6.45, 7) is 7.45. The molecule has 90 valence electrons. The van der Waals surface area contributed by atoms with Crippen molar-refractivity contribution in [2.45, 2.75) is 33.2 Å². The molecule has 0 aromatic carbocycles. The van der Waals surface area contributed by atoms with Gasteiger partial charge < -0.3 is 15.4 Å². The molecule has 0 atom stereocenters. The summed E-state index contributed by atoms with van der Waals surface area (Å²) in [5, 5.41) is 0. The lowest BCUT2D eigenvalue weighted by atomic mass is 10.2. The van der Waals surface area contributed by atoms with Crippen molar-refractivity contribution in [1.29, 1.82) is 0 Å². The van der Waals surface area contributed by atoms with Gasteiger partial charge in [0, 0.05) is 12.6 Å². The molecule has 0 spiro atoms. The Morgan fingerprint density at radius 1 is 1.44 bits per heavy atom. The number of nitrogens with two attached hydrogens (primary N) is 1. The predicted molar refractivity (Wildman–Crippen MR) is 68.0 cm³/mol. The molecule has 1 heterocycles. The number of anilines is 2. The second kappa shape index (κ2) is 5.58. The average Bonchev–Trinajstić information content (AvgIpc) is 2.26. The minimum Gasteiger partial charge on any atom is -0.479 e. The Morgan fingerprint density at radius 2 is 2.12 bits per heavy atom. The van der Waals surface area contributed by atoms with Gasteiger partial charge in [0.25, 0.3) is 0 Å².